The Morgan fingerprint density at radius 1 is 0.886 bits per heavy atom. The Bertz CT molecular complexity index is 1260. The number of piperazine rings is 1. The Balaban J connectivity index is 1.34. The number of nitro groups is 1. The number of benzene rings is 3. The molecule has 0 bridgehead atoms. The van der Waals surface area contributed by atoms with Gasteiger partial charge in [0.1, 0.15) is 6.61 Å². The minimum absolute atomic E-state index is 0.0624. The van der Waals surface area contributed by atoms with E-state index >= 15 is 0 Å². The molecule has 3 aromatic carbocycles. The van der Waals surface area contributed by atoms with Crippen molar-refractivity contribution in [2.45, 2.75) is 18.0 Å². The molecule has 0 aliphatic carbocycles. The van der Waals surface area contributed by atoms with Crippen molar-refractivity contribution in [2.24, 2.45) is 0 Å². The van der Waals surface area contributed by atoms with Gasteiger partial charge in [-0.05, 0) is 35.4 Å². The van der Waals surface area contributed by atoms with Gasteiger partial charge in [-0.2, -0.15) is 4.31 Å². The zero-order chi connectivity index (χ0) is 24.8. The number of ether oxygens (including phenoxy) is 2. The lowest BCUT2D eigenvalue weighted by Gasteiger charge is -2.34. The number of non-ortho nitro benzene ring substituents is 1. The number of sulfonamides is 1. The van der Waals surface area contributed by atoms with Crippen LogP contribution in [0.3, 0.4) is 0 Å². The molecule has 0 amide bonds. The van der Waals surface area contributed by atoms with Gasteiger partial charge < -0.3 is 9.47 Å². The molecule has 1 aliphatic heterocycles. The summed E-state index contributed by atoms with van der Waals surface area (Å²) in [5.74, 6) is 1.32. The normalized spacial score (nSPS) is 15.0. The Morgan fingerprint density at radius 3 is 2.20 bits per heavy atom. The molecule has 0 spiro atoms. The van der Waals surface area contributed by atoms with Crippen molar-refractivity contribution in [3.63, 3.8) is 0 Å². The van der Waals surface area contributed by atoms with Crippen molar-refractivity contribution in [1.29, 1.82) is 0 Å². The maximum absolute atomic E-state index is 12.9. The number of rotatable bonds is 9. The zero-order valence-corrected chi connectivity index (χ0v) is 20.2. The molecule has 35 heavy (non-hydrogen) atoms. The molecule has 0 aromatic heterocycles. The minimum atomic E-state index is -3.70. The van der Waals surface area contributed by atoms with Gasteiger partial charge in [-0.25, -0.2) is 8.42 Å². The average Bonchev–Trinajstić information content (AvgIpc) is 2.89. The molecule has 9 nitrogen and oxygen atoms in total. The fraction of sp³-hybridized carbons (Fsp3) is 0.280. The monoisotopic (exact) mass is 497 g/mol. The largest absolute Gasteiger partial charge is 0.493 e. The van der Waals surface area contributed by atoms with E-state index in [4.69, 9.17) is 9.47 Å². The van der Waals surface area contributed by atoms with Crippen LogP contribution in [0.1, 0.15) is 11.1 Å². The predicted octanol–water partition coefficient (Wildman–Crippen LogP) is 3.69. The van der Waals surface area contributed by atoms with Crippen LogP contribution in [0.15, 0.2) is 77.7 Å². The highest BCUT2D eigenvalue weighted by molar-refractivity contribution is 7.89. The van der Waals surface area contributed by atoms with Gasteiger partial charge in [-0.15, -0.1) is 0 Å². The molecule has 0 radical (unpaired) electrons. The van der Waals surface area contributed by atoms with Crippen molar-refractivity contribution >= 4 is 15.7 Å². The van der Waals surface area contributed by atoms with E-state index in [2.05, 4.69) is 4.90 Å². The SMILES string of the molecule is COc1cc(CN2CCN(S(=O)(=O)c3ccc([N+](=O)[O-])cc3)CC2)ccc1OCc1ccccc1. The molecule has 4 rings (SSSR count). The highest BCUT2D eigenvalue weighted by Gasteiger charge is 2.29. The number of hydrogen-bond acceptors (Lipinski definition) is 7. The molecule has 0 unspecified atom stereocenters. The summed E-state index contributed by atoms with van der Waals surface area (Å²) in [7, 11) is -2.09. The molecule has 1 fully saturated rings. The van der Waals surface area contributed by atoms with E-state index in [1.807, 2.05) is 48.5 Å². The van der Waals surface area contributed by atoms with Crippen molar-refractivity contribution in [1.82, 2.24) is 9.21 Å². The van der Waals surface area contributed by atoms with Crippen LogP contribution in [-0.4, -0.2) is 55.8 Å². The highest BCUT2D eigenvalue weighted by atomic mass is 32.2. The summed E-state index contributed by atoms with van der Waals surface area (Å²) in [4.78, 5) is 12.5. The molecule has 3 aromatic rings. The summed E-state index contributed by atoms with van der Waals surface area (Å²) >= 11 is 0. The maximum atomic E-state index is 12.9. The fourth-order valence-corrected chi connectivity index (χ4v) is 5.36. The van der Waals surface area contributed by atoms with Crippen LogP contribution in [0, 0.1) is 10.1 Å². The van der Waals surface area contributed by atoms with Crippen LogP contribution in [0.4, 0.5) is 5.69 Å². The first-order valence-corrected chi connectivity index (χ1v) is 12.6. The van der Waals surface area contributed by atoms with Crippen LogP contribution in [-0.2, 0) is 23.2 Å². The number of nitro benzene ring substituents is 1. The summed E-state index contributed by atoms with van der Waals surface area (Å²) in [5, 5.41) is 10.8. The summed E-state index contributed by atoms with van der Waals surface area (Å²) in [6, 6.07) is 20.7. The van der Waals surface area contributed by atoms with Crippen molar-refractivity contribution in [3.05, 3.63) is 94.0 Å². The van der Waals surface area contributed by atoms with E-state index in [9.17, 15) is 18.5 Å². The first-order valence-electron chi connectivity index (χ1n) is 11.2. The highest BCUT2D eigenvalue weighted by Crippen LogP contribution is 2.30. The van der Waals surface area contributed by atoms with Crippen LogP contribution in [0.25, 0.3) is 0 Å². The standard InChI is InChI=1S/C25H27N3O6S/c1-33-25-17-21(7-12-24(25)34-19-20-5-3-2-4-6-20)18-26-13-15-27(16-14-26)35(31,32)23-10-8-22(9-11-23)28(29)30/h2-12,17H,13-16,18-19H2,1H3. The molecular formula is C25H27N3O6S. The van der Waals surface area contributed by atoms with Crippen LogP contribution >= 0.6 is 0 Å². The lowest BCUT2D eigenvalue weighted by molar-refractivity contribution is -0.384. The van der Waals surface area contributed by atoms with E-state index in [0.29, 0.717) is 50.8 Å². The van der Waals surface area contributed by atoms with Gasteiger partial charge in [0.15, 0.2) is 11.5 Å². The van der Waals surface area contributed by atoms with Crippen molar-refractivity contribution in [3.8, 4) is 11.5 Å². The van der Waals surface area contributed by atoms with Crippen molar-refractivity contribution in [2.75, 3.05) is 33.3 Å². The average molecular weight is 498 g/mol. The second-order valence-electron chi connectivity index (χ2n) is 8.19. The molecular weight excluding hydrogens is 470 g/mol. The molecule has 1 heterocycles. The van der Waals surface area contributed by atoms with Gasteiger partial charge >= 0.3 is 0 Å². The van der Waals surface area contributed by atoms with Gasteiger partial charge in [0.2, 0.25) is 10.0 Å². The smallest absolute Gasteiger partial charge is 0.269 e. The summed E-state index contributed by atoms with van der Waals surface area (Å²) in [6.07, 6.45) is 0. The second-order valence-corrected chi connectivity index (χ2v) is 10.1. The molecule has 0 N–H and O–H groups in total. The zero-order valence-electron chi connectivity index (χ0n) is 19.4. The molecule has 1 aliphatic rings. The summed E-state index contributed by atoms with van der Waals surface area (Å²) in [5.41, 5.74) is 1.97. The van der Waals surface area contributed by atoms with E-state index in [1.165, 1.54) is 28.6 Å². The Morgan fingerprint density at radius 2 is 1.57 bits per heavy atom. The lowest BCUT2D eigenvalue weighted by Crippen LogP contribution is -2.48. The molecule has 184 valence electrons. The number of hydrogen-bond donors (Lipinski definition) is 0. The van der Waals surface area contributed by atoms with Gasteiger partial charge in [0.05, 0.1) is 16.9 Å². The van der Waals surface area contributed by atoms with E-state index in [-0.39, 0.29) is 10.6 Å². The Labute approximate surface area is 204 Å². The van der Waals surface area contributed by atoms with Gasteiger partial charge in [-0.1, -0.05) is 36.4 Å². The maximum Gasteiger partial charge on any atom is 0.269 e. The first-order chi connectivity index (χ1) is 16.9. The number of methoxy groups -OCH3 is 1. The van der Waals surface area contributed by atoms with Crippen LogP contribution in [0.2, 0.25) is 0 Å². The third kappa shape index (κ3) is 5.97. The Hall–Kier alpha value is -3.47. The summed E-state index contributed by atoms with van der Waals surface area (Å²) in [6.45, 7) is 2.92. The van der Waals surface area contributed by atoms with Crippen LogP contribution < -0.4 is 9.47 Å². The summed E-state index contributed by atoms with van der Waals surface area (Å²) < 4.78 is 38.7. The second kappa shape index (κ2) is 10.9. The number of nitrogens with zero attached hydrogens (tertiary/aromatic N) is 3. The van der Waals surface area contributed by atoms with Gasteiger partial charge in [0, 0.05) is 44.9 Å². The van der Waals surface area contributed by atoms with E-state index in [0.717, 1.165) is 11.1 Å². The predicted molar refractivity (Wildman–Crippen MR) is 131 cm³/mol. The first kappa shape index (κ1) is 24.6. The quantitative estimate of drug-likeness (QED) is 0.328. The topological polar surface area (TPSA) is 102 Å². The van der Waals surface area contributed by atoms with Gasteiger partial charge in [0.25, 0.3) is 5.69 Å². The minimum Gasteiger partial charge on any atom is -0.493 e. The fourth-order valence-electron chi connectivity index (χ4n) is 3.94. The van der Waals surface area contributed by atoms with Gasteiger partial charge in [-0.3, -0.25) is 15.0 Å². The van der Waals surface area contributed by atoms with E-state index < -0.39 is 14.9 Å². The lowest BCUT2D eigenvalue weighted by atomic mass is 10.1. The van der Waals surface area contributed by atoms with E-state index in [1.54, 1.807) is 7.11 Å². The Kier molecular flexibility index (Phi) is 7.64. The molecule has 1 saturated heterocycles. The van der Waals surface area contributed by atoms with Crippen LogP contribution in [0.5, 0.6) is 11.5 Å². The molecule has 0 atom stereocenters. The third-order valence-corrected chi connectivity index (χ3v) is 7.80. The molecule has 10 heteroatoms. The van der Waals surface area contributed by atoms with Crippen molar-refractivity contribution < 1.29 is 22.8 Å². The molecule has 0 saturated carbocycles. The third-order valence-electron chi connectivity index (χ3n) is 5.89.